The van der Waals surface area contributed by atoms with Crippen molar-refractivity contribution >= 4 is 23.5 Å². The number of carbonyl (C=O) groups is 1. The molecule has 0 aliphatic heterocycles. The van der Waals surface area contributed by atoms with Crippen molar-refractivity contribution in [1.82, 2.24) is 4.90 Å². The minimum atomic E-state index is -0.251. The van der Waals surface area contributed by atoms with Gasteiger partial charge in [0.25, 0.3) is 0 Å². The number of benzene rings is 1. The molecular formula is C21H26ClNO. The van der Waals surface area contributed by atoms with Gasteiger partial charge in [-0.3, -0.25) is 4.79 Å². The lowest BCUT2D eigenvalue weighted by atomic mass is 9.74. The smallest absolute Gasteiger partial charge is 0.169 e. The number of carbonyl (C=O) groups excluding carboxylic acids is 1. The molecule has 0 bridgehead atoms. The summed E-state index contributed by atoms with van der Waals surface area (Å²) in [7, 11) is 4.17. The van der Waals surface area contributed by atoms with E-state index in [2.05, 4.69) is 31.1 Å². The summed E-state index contributed by atoms with van der Waals surface area (Å²) in [6.45, 7) is 0.956. The molecular weight excluding hydrogens is 318 g/mol. The molecule has 128 valence electrons. The van der Waals surface area contributed by atoms with Gasteiger partial charge in [-0.15, -0.1) is 0 Å². The molecule has 2 aliphatic carbocycles. The fraction of sp³-hybridized carbons (Fsp3) is 0.476. The van der Waals surface area contributed by atoms with Crippen molar-refractivity contribution in [2.75, 3.05) is 20.6 Å². The first kappa shape index (κ1) is 17.4. The topological polar surface area (TPSA) is 20.3 Å². The highest BCUT2D eigenvalue weighted by molar-refractivity contribution is 6.30. The van der Waals surface area contributed by atoms with Gasteiger partial charge in [0.2, 0.25) is 0 Å². The van der Waals surface area contributed by atoms with Gasteiger partial charge in [-0.2, -0.15) is 0 Å². The molecule has 1 fully saturated rings. The van der Waals surface area contributed by atoms with Gasteiger partial charge in [0.1, 0.15) is 0 Å². The van der Waals surface area contributed by atoms with Gasteiger partial charge in [0.05, 0.1) is 5.41 Å². The van der Waals surface area contributed by atoms with Crippen LogP contribution >= 0.6 is 11.6 Å². The third-order valence-corrected chi connectivity index (χ3v) is 5.65. The highest BCUT2D eigenvalue weighted by Gasteiger charge is 2.47. The van der Waals surface area contributed by atoms with Gasteiger partial charge >= 0.3 is 0 Å². The second kappa shape index (κ2) is 7.25. The maximum Gasteiger partial charge on any atom is 0.169 e. The second-order valence-corrected chi connectivity index (χ2v) is 7.74. The molecule has 1 aromatic carbocycles. The molecule has 0 heterocycles. The molecule has 1 aromatic rings. The van der Waals surface area contributed by atoms with Gasteiger partial charge in [0.15, 0.2) is 5.78 Å². The standard InChI is InChI=1S/C21H26ClNO/c1-23(2)14-13-21(18-5-3-4-6-18)12-11-17(20(21)24)15-16-7-9-19(22)10-8-16/h5,7-10,15H,3-4,6,11-14H2,1-2H3. The van der Waals surface area contributed by atoms with Crippen LogP contribution in [0.25, 0.3) is 6.08 Å². The third kappa shape index (κ3) is 3.50. The number of nitrogens with zero attached hydrogens (tertiary/aromatic N) is 1. The zero-order valence-corrected chi connectivity index (χ0v) is 15.4. The van der Waals surface area contributed by atoms with Crippen molar-refractivity contribution in [3.63, 3.8) is 0 Å². The molecule has 2 nitrogen and oxygen atoms in total. The van der Waals surface area contributed by atoms with Crippen LogP contribution in [0.15, 0.2) is 41.5 Å². The zero-order chi connectivity index (χ0) is 17.2. The molecule has 24 heavy (non-hydrogen) atoms. The van der Waals surface area contributed by atoms with Crippen LogP contribution in [0.4, 0.5) is 0 Å². The van der Waals surface area contributed by atoms with Crippen LogP contribution in [0, 0.1) is 5.41 Å². The van der Waals surface area contributed by atoms with Crippen LogP contribution in [-0.4, -0.2) is 31.3 Å². The van der Waals surface area contributed by atoms with Crippen molar-refractivity contribution in [3.8, 4) is 0 Å². The average molecular weight is 344 g/mol. The van der Waals surface area contributed by atoms with Crippen LogP contribution in [0.3, 0.4) is 0 Å². The Morgan fingerprint density at radius 3 is 2.58 bits per heavy atom. The first-order valence-corrected chi connectivity index (χ1v) is 9.24. The molecule has 3 heteroatoms. The first-order valence-electron chi connectivity index (χ1n) is 8.86. The molecule has 1 saturated carbocycles. The predicted molar refractivity (Wildman–Crippen MR) is 101 cm³/mol. The molecule has 0 radical (unpaired) electrons. The number of halogens is 1. The fourth-order valence-electron chi connectivity index (χ4n) is 4.01. The van der Waals surface area contributed by atoms with Gasteiger partial charge in [-0.1, -0.05) is 35.4 Å². The van der Waals surface area contributed by atoms with Crippen LogP contribution < -0.4 is 0 Å². The summed E-state index contributed by atoms with van der Waals surface area (Å²) < 4.78 is 0. The minimum absolute atomic E-state index is 0.251. The van der Waals surface area contributed by atoms with Crippen LogP contribution in [0.5, 0.6) is 0 Å². The number of Topliss-reactive ketones (excluding diaryl/α,β-unsaturated/α-hetero) is 1. The maximum absolute atomic E-state index is 13.3. The Morgan fingerprint density at radius 2 is 1.96 bits per heavy atom. The Kier molecular flexibility index (Phi) is 5.27. The summed E-state index contributed by atoms with van der Waals surface area (Å²) in [6.07, 6.45) is 10.6. The Bertz CT molecular complexity index is 672. The van der Waals surface area contributed by atoms with Gasteiger partial charge in [-0.05, 0) is 88.5 Å². The molecule has 0 amide bonds. The lowest BCUT2D eigenvalue weighted by molar-refractivity contribution is -0.121. The van der Waals surface area contributed by atoms with Gasteiger partial charge in [0, 0.05) is 5.02 Å². The van der Waals surface area contributed by atoms with Crippen LogP contribution in [0.2, 0.25) is 5.02 Å². The highest BCUT2D eigenvalue weighted by Crippen LogP contribution is 2.50. The normalized spacial score (nSPS) is 25.8. The Hall–Kier alpha value is -1.38. The first-order chi connectivity index (χ1) is 11.5. The monoisotopic (exact) mass is 343 g/mol. The third-order valence-electron chi connectivity index (χ3n) is 5.40. The highest BCUT2D eigenvalue weighted by atomic mass is 35.5. The number of ketones is 1. The number of rotatable bonds is 5. The molecule has 3 rings (SSSR count). The summed E-state index contributed by atoms with van der Waals surface area (Å²) in [4.78, 5) is 15.5. The van der Waals surface area contributed by atoms with E-state index in [0.717, 1.165) is 54.8 Å². The molecule has 0 spiro atoms. The Balaban J connectivity index is 1.88. The summed E-state index contributed by atoms with van der Waals surface area (Å²) >= 11 is 5.96. The summed E-state index contributed by atoms with van der Waals surface area (Å²) in [5.41, 5.74) is 3.18. The van der Waals surface area contributed by atoms with Crippen molar-refractivity contribution in [2.24, 2.45) is 5.41 Å². The summed E-state index contributed by atoms with van der Waals surface area (Å²) in [5, 5.41) is 0.728. The number of hydrogen-bond donors (Lipinski definition) is 0. The van der Waals surface area contributed by atoms with Crippen LogP contribution in [0.1, 0.15) is 44.1 Å². The zero-order valence-electron chi connectivity index (χ0n) is 14.6. The van der Waals surface area contributed by atoms with Crippen molar-refractivity contribution in [3.05, 3.63) is 52.1 Å². The molecule has 0 aromatic heterocycles. The van der Waals surface area contributed by atoms with Gasteiger partial charge in [-0.25, -0.2) is 0 Å². The van der Waals surface area contributed by atoms with E-state index in [1.165, 1.54) is 12.0 Å². The largest absolute Gasteiger partial charge is 0.309 e. The van der Waals surface area contributed by atoms with E-state index in [9.17, 15) is 4.79 Å². The van der Waals surface area contributed by atoms with E-state index >= 15 is 0 Å². The van der Waals surface area contributed by atoms with Crippen molar-refractivity contribution in [2.45, 2.75) is 38.5 Å². The second-order valence-electron chi connectivity index (χ2n) is 7.31. The lowest BCUT2D eigenvalue weighted by Gasteiger charge is -2.30. The molecule has 2 aliphatic rings. The minimum Gasteiger partial charge on any atom is -0.309 e. The maximum atomic E-state index is 13.3. The average Bonchev–Trinajstić information content (AvgIpc) is 3.19. The molecule has 0 saturated heterocycles. The Morgan fingerprint density at radius 1 is 1.21 bits per heavy atom. The number of hydrogen-bond acceptors (Lipinski definition) is 2. The molecule has 1 unspecified atom stereocenters. The SMILES string of the molecule is CN(C)CCC1(C2=CCCC2)CCC(=Cc2ccc(Cl)cc2)C1=O. The van der Waals surface area contributed by atoms with E-state index in [1.54, 1.807) is 0 Å². The lowest BCUT2D eigenvalue weighted by Crippen LogP contribution is -2.32. The fourth-order valence-corrected chi connectivity index (χ4v) is 4.13. The summed E-state index contributed by atoms with van der Waals surface area (Å²) in [6, 6.07) is 7.73. The van der Waals surface area contributed by atoms with Crippen molar-refractivity contribution in [1.29, 1.82) is 0 Å². The van der Waals surface area contributed by atoms with Gasteiger partial charge < -0.3 is 4.90 Å². The quantitative estimate of drug-likeness (QED) is 0.545. The molecule has 1 atom stereocenters. The summed E-state index contributed by atoms with van der Waals surface area (Å²) in [5.74, 6) is 0.354. The number of allylic oxidation sites excluding steroid dienone is 3. The molecule has 0 N–H and O–H groups in total. The van der Waals surface area contributed by atoms with Crippen molar-refractivity contribution < 1.29 is 4.79 Å². The van der Waals surface area contributed by atoms with Crippen LogP contribution in [-0.2, 0) is 4.79 Å². The van der Waals surface area contributed by atoms with E-state index in [4.69, 9.17) is 11.6 Å². The van der Waals surface area contributed by atoms with E-state index in [-0.39, 0.29) is 5.41 Å². The van der Waals surface area contributed by atoms with E-state index in [1.807, 2.05) is 24.3 Å². The predicted octanol–water partition coefficient (Wildman–Crippen LogP) is 5.13. The van der Waals surface area contributed by atoms with E-state index in [0.29, 0.717) is 5.78 Å². The Labute approximate surface area is 150 Å². The van der Waals surface area contributed by atoms with E-state index < -0.39 is 0 Å².